The van der Waals surface area contributed by atoms with Crippen molar-refractivity contribution in [3.63, 3.8) is 0 Å². The number of rotatable bonds is 4. The number of piperidine rings is 2. The van der Waals surface area contributed by atoms with E-state index in [1.165, 1.54) is 0 Å². The molecular weight excluding hydrogens is 388 g/mol. The first kappa shape index (κ1) is 19.3. The molecule has 3 atom stereocenters. The van der Waals surface area contributed by atoms with Gasteiger partial charge in [-0.3, -0.25) is 4.90 Å². The Bertz CT molecular complexity index is 816. The number of halogens is 1. The highest BCUT2D eigenvalue weighted by atomic mass is 35.5. The van der Waals surface area contributed by atoms with Crippen LogP contribution in [0.5, 0.6) is 11.5 Å². The molecule has 3 aliphatic heterocycles. The van der Waals surface area contributed by atoms with Crippen LogP contribution in [0.25, 0.3) is 0 Å². The molecule has 0 amide bonds. The van der Waals surface area contributed by atoms with Gasteiger partial charge in [0.05, 0.1) is 5.75 Å². The molecule has 0 aliphatic carbocycles. The first-order valence-corrected chi connectivity index (χ1v) is 11.9. The lowest BCUT2D eigenvalue weighted by Gasteiger charge is -2.51. The van der Waals surface area contributed by atoms with Crippen molar-refractivity contribution in [3.05, 3.63) is 23.3 Å². The van der Waals surface area contributed by atoms with Crippen LogP contribution in [0.4, 0.5) is 0 Å². The number of aromatic hydroxyl groups is 2. The number of hydrogen-bond donors (Lipinski definition) is 2. The van der Waals surface area contributed by atoms with Crippen LogP contribution >= 0.6 is 11.6 Å². The Labute approximate surface area is 165 Å². The van der Waals surface area contributed by atoms with Crippen molar-refractivity contribution >= 4 is 21.6 Å². The van der Waals surface area contributed by atoms with Crippen molar-refractivity contribution in [2.75, 3.05) is 31.3 Å². The maximum Gasteiger partial charge on any atom is 0.214 e. The van der Waals surface area contributed by atoms with Gasteiger partial charge in [0.25, 0.3) is 0 Å². The van der Waals surface area contributed by atoms with Crippen LogP contribution in [0, 0.1) is 5.92 Å². The largest absolute Gasteiger partial charge is 0.504 e. The standard InChI is InChI=1S/C19H27ClN2O4S/c20-5-2-8-27(25,26)22-6-1-3-14-12-21-7-4-13-9-18(23)19(24)10-15(13)17(21)11-16(14)22/h9-10,14,16-17,23-24H,1-8,11-12H2/t14-,16+,17-/m0/s1. The second kappa shape index (κ2) is 7.43. The monoisotopic (exact) mass is 414 g/mol. The third kappa shape index (κ3) is 3.55. The molecule has 0 unspecified atom stereocenters. The van der Waals surface area contributed by atoms with Crippen molar-refractivity contribution < 1.29 is 18.6 Å². The summed E-state index contributed by atoms with van der Waals surface area (Å²) >= 11 is 5.73. The van der Waals surface area contributed by atoms with E-state index in [1.54, 1.807) is 16.4 Å². The van der Waals surface area contributed by atoms with Gasteiger partial charge in [0, 0.05) is 37.6 Å². The van der Waals surface area contributed by atoms with Gasteiger partial charge in [-0.05, 0) is 61.3 Å². The Morgan fingerprint density at radius 2 is 1.96 bits per heavy atom. The minimum atomic E-state index is -3.30. The zero-order valence-electron chi connectivity index (χ0n) is 15.3. The van der Waals surface area contributed by atoms with E-state index < -0.39 is 10.0 Å². The van der Waals surface area contributed by atoms with Crippen molar-refractivity contribution in [2.24, 2.45) is 5.92 Å². The Morgan fingerprint density at radius 1 is 1.19 bits per heavy atom. The number of sulfonamides is 1. The maximum absolute atomic E-state index is 12.9. The maximum atomic E-state index is 12.9. The summed E-state index contributed by atoms with van der Waals surface area (Å²) in [4.78, 5) is 2.43. The average Bonchev–Trinajstić information content (AvgIpc) is 2.65. The van der Waals surface area contributed by atoms with E-state index in [1.807, 2.05) is 0 Å². The number of phenolic OH excluding ortho intramolecular Hbond substituents is 2. The predicted octanol–water partition coefficient (Wildman–Crippen LogP) is 2.44. The number of benzene rings is 1. The Kier molecular flexibility index (Phi) is 5.31. The van der Waals surface area contributed by atoms with Gasteiger partial charge in [0.1, 0.15) is 0 Å². The Hall–Kier alpha value is -1.02. The number of phenols is 2. The fourth-order valence-corrected chi connectivity index (χ4v) is 7.24. The van der Waals surface area contributed by atoms with Gasteiger partial charge in [0.15, 0.2) is 11.5 Å². The van der Waals surface area contributed by atoms with Gasteiger partial charge in [-0.2, -0.15) is 4.31 Å². The van der Waals surface area contributed by atoms with Crippen LogP contribution in [0.3, 0.4) is 0 Å². The van der Waals surface area contributed by atoms with Crippen LogP contribution in [-0.2, 0) is 16.4 Å². The molecule has 1 aromatic carbocycles. The molecule has 6 nitrogen and oxygen atoms in total. The Morgan fingerprint density at radius 3 is 2.74 bits per heavy atom. The summed E-state index contributed by atoms with van der Waals surface area (Å²) in [5.74, 6) is 0.632. The molecular formula is C19H27ClN2O4S. The topological polar surface area (TPSA) is 81.1 Å². The second-order valence-corrected chi connectivity index (χ2v) is 10.4. The van der Waals surface area contributed by atoms with Crippen molar-refractivity contribution in [1.82, 2.24) is 9.21 Å². The molecule has 0 spiro atoms. The second-order valence-electron chi connectivity index (χ2n) is 7.98. The molecule has 2 saturated heterocycles. The molecule has 0 radical (unpaired) electrons. The highest BCUT2D eigenvalue weighted by Gasteiger charge is 2.45. The van der Waals surface area contributed by atoms with Crippen LogP contribution in [0.2, 0.25) is 0 Å². The third-order valence-electron chi connectivity index (χ3n) is 6.40. The summed E-state index contributed by atoms with van der Waals surface area (Å²) in [6, 6.07) is 3.41. The third-order valence-corrected chi connectivity index (χ3v) is 8.64. The molecule has 1 aromatic rings. The van der Waals surface area contributed by atoms with E-state index in [9.17, 15) is 18.6 Å². The van der Waals surface area contributed by atoms with Gasteiger partial charge < -0.3 is 10.2 Å². The fourth-order valence-electron chi connectivity index (χ4n) is 5.13. The zero-order valence-corrected chi connectivity index (χ0v) is 16.9. The lowest BCUT2D eigenvalue weighted by atomic mass is 9.77. The normalized spacial score (nSPS) is 29.0. The summed E-state index contributed by atoms with van der Waals surface area (Å²) in [5, 5.41) is 19.8. The van der Waals surface area contributed by atoms with E-state index in [2.05, 4.69) is 4.90 Å². The van der Waals surface area contributed by atoms with Crippen molar-refractivity contribution in [2.45, 2.75) is 44.2 Å². The molecule has 8 heteroatoms. The lowest BCUT2D eigenvalue weighted by molar-refractivity contribution is 0.0219. The molecule has 3 aliphatic rings. The quantitative estimate of drug-likeness (QED) is 0.584. The number of hydrogen-bond acceptors (Lipinski definition) is 5. The summed E-state index contributed by atoms with van der Waals surface area (Å²) in [7, 11) is -3.30. The SMILES string of the molecule is O=S(=O)(CCCCl)N1CCC[C@H]2CN3CCc4cc(O)c(O)cc4[C@@H]3C[C@H]21. The van der Waals surface area contributed by atoms with E-state index in [0.717, 1.165) is 49.9 Å². The van der Waals surface area contributed by atoms with Crippen molar-refractivity contribution in [3.8, 4) is 11.5 Å². The molecule has 27 heavy (non-hydrogen) atoms. The smallest absolute Gasteiger partial charge is 0.214 e. The molecule has 2 N–H and O–H groups in total. The predicted molar refractivity (Wildman–Crippen MR) is 105 cm³/mol. The first-order valence-electron chi connectivity index (χ1n) is 9.75. The van der Waals surface area contributed by atoms with Crippen LogP contribution in [-0.4, -0.2) is 65.1 Å². The van der Waals surface area contributed by atoms with Gasteiger partial charge in [-0.25, -0.2) is 8.42 Å². The number of alkyl halides is 1. The average molecular weight is 415 g/mol. The molecule has 3 heterocycles. The Balaban J connectivity index is 1.63. The minimum Gasteiger partial charge on any atom is -0.504 e. The first-order chi connectivity index (χ1) is 12.9. The summed E-state index contributed by atoms with van der Waals surface area (Å²) in [6.45, 7) is 2.38. The fraction of sp³-hybridized carbons (Fsp3) is 0.684. The number of fused-ring (bicyclic) bond motifs is 4. The summed E-state index contributed by atoms with van der Waals surface area (Å²) in [5.41, 5.74) is 2.08. The van der Waals surface area contributed by atoms with Crippen LogP contribution in [0.1, 0.15) is 42.9 Å². The van der Waals surface area contributed by atoms with Gasteiger partial charge in [-0.1, -0.05) is 0 Å². The molecule has 0 aromatic heterocycles. The van der Waals surface area contributed by atoms with Crippen molar-refractivity contribution in [1.29, 1.82) is 0 Å². The van der Waals surface area contributed by atoms with Gasteiger partial charge in [-0.15, -0.1) is 11.6 Å². The van der Waals surface area contributed by atoms with Crippen LogP contribution in [0.15, 0.2) is 12.1 Å². The summed E-state index contributed by atoms with van der Waals surface area (Å²) < 4.78 is 27.5. The molecule has 4 rings (SSSR count). The van der Waals surface area contributed by atoms with E-state index in [-0.39, 0.29) is 29.3 Å². The molecule has 2 fully saturated rings. The minimum absolute atomic E-state index is 0.00206. The highest BCUT2D eigenvalue weighted by molar-refractivity contribution is 7.89. The zero-order chi connectivity index (χ0) is 19.2. The molecule has 150 valence electrons. The van der Waals surface area contributed by atoms with E-state index in [0.29, 0.717) is 24.8 Å². The van der Waals surface area contributed by atoms with Gasteiger partial charge in [0.2, 0.25) is 10.0 Å². The van der Waals surface area contributed by atoms with E-state index in [4.69, 9.17) is 11.6 Å². The summed E-state index contributed by atoms with van der Waals surface area (Å²) in [6.07, 6.45) is 4.02. The number of nitrogens with zero attached hydrogens (tertiary/aromatic N) is 2. The molecule has 0 bridgehead atoms. The lowest BCUT2D eigenvalue weighted by Crippen LogP contribution is -2.57. The molecule has 0 saturated carbocycles. The highest BCUT2D eigenvalue weighted by Crippen LogP contribution is 2.45. The van der Waals surface area contributed by atoms with E-state index >= 15 is 0 Å². The van der Waals surface area contributed by atoms with Crippen LogP contribution < -0.4 is 0 Å². The van der Waals surface area contributed by atoms with Gasteiger partial charge >= 0.3 is 0 Å².